The first-order valence-corrected chi connectivity index (χ1v) is 6.35. The Morgan fingerprint density at radius 2 is 2.31 bits per heavy atom. The molecule has 4 nitrogen and oxygen atoms in total. The Morgan fingerprint density at radius 1 is 1.50 bits per heavy atom. The first-order chi connectivity index (χ1) is 7.72. The van der Waals surface area contributed by atoms with Crippen LogP contribution >= 0.6 is 0 Å². The molecule has 2 unspecified atom stereocenters. The van der Waals surface area contributed by atoms with Gasteiger partial charge < -0.3 is 15.2 Å². The van der Waals surface area contributed by atoms with Gasteiger partial charge in [0.2, 0.25) is 0 Å². The molecule has 1 rings (SSSR count). The van der Waals surface area contributed by atoms with Crippen molar-refractivity contribution in [3.8, 4) is 0 Å². The summed E-state index contributed by atoms with van der Waals surface area (Å²) >= 11 is 0. The summed E-state index contributed by atoms with van der Waals surface area (Å²) in [5.74, 6) is 0. The Hall–Kier alpha value is -0.160. The minimum Gasteiger partial charge on any atom is -0.393 e. The summed E-state index contributed by atoms with van der Waals surface area (Å²) in [6, 6.07) is 0.630. The van der Waals surface area contributed by atoms with E-state index in [2.05, 4.69) is 10.2 Å². The van der Waals surface area contributed by atoms with Crippen molar-refractivity contribution in [1.82, 2.24) is 10.2 Å². The summed E-state index contributed by atoms with van der Waals surface area (Å²) in [4.78, 5) is 2.39. The van der Waals surface area contributed by atoms with Crippen molar-refractivity contribution in [2.45, 2.75) is 38.3 Å². The predicted octanol–water partition coefficient (Wildman–Crippen LogP) is 0.458. The van der Waals surface area contributed by atoms with Crippen LogP contribution in [0.25, 0.3) is 0 Å². The van der Waals surface area contributed by atoms with Crippen LogP contribution in [0.3, 0.4) is 0 Å². The number of hydrogen-bond donors (Lipinski definition) is 2. The van der Waals surface area contributed by atoms with Gasteiger partial charge in [-0.25, -0.2) is 0 Å². The van der Waals surface area contributed by atoms with Crippen LogP contribution in [0.2, 0.25) is 0 Å². The molecule has 0 aliphatic carbocycles. The van der Waals surface area contributed by atoms with E-state index < -0.39 is 0 Å². The lowest BCUT2D eigenvalue weighted by Gasteiger charge is -2.25. The fourth-order valence-corrected chi connectivity index (χ4v) is 2.11. The zero-order valence-electron chi connectivity index (χ0n) is 10.6. The first-order valence-electron chi connectivity index (χ1n) is 6.35. The predicted molar refractivity (Wildman–Crippen MR) is 65.6 cm³/mol. The molecule has 1 fully saturated rings. The standard InChI is InChI=1S/C12H26N2O2/c1-11(15)5-7-14(8-9-16-2)10-12-4-3-6-13-12/h11-13,15H,3-10H2,1-2H3. The summed E-state index contributed by atoms with van der Waals surface area (Å²) in [6.07, 6.45) is 3.20. The third-order valence-corrected chi connectivity index (χ3v) is 3.12. The molecule has 0 radical (unpaired) electrons. The molecular formula is C12H26N2O2. The van der Waals surface area contributed by atoms with E-state index in [9.17, 15) is 5.11 Å². The fourth-order valence-electron chi connectivity index (χ4n) is 2.11. The monoisotopic (exact) mass is 230 g/mol. The van der Waals surface area contributed by atoms with E-state index in [1.54, 1.807) is 7.11 Å². The number of aliphatic hydroxyl groups is 1. The zero-order valence-corrected chi connectivity index (χ0v) is 10.6. The minimum atomic E-state index is -0.207. The Bertz CT molecular complexity index is 170. The molecule has 0 bridgehead atoms. The average Bonchev–Trinajstić information content (AvgIpc) is 2.74. The summed E-state index contributed by atoms with van der Waals surface area (Å²) in [6.45, 7) is 6.77. The second kappa shape index (κ2) is 8.01. The van der Waals surface area contributed by atoms with Crippen LogP contribution in [0.4, 0.5) is 0 Å². The van der Waals surface area contributed by atoms with Gasteiger partial charge in [0.15, 0.2) is 0 Å². The lowest BCUT2D eigenvalue weighted by molar-refractivity contribution is 0.119. The fraction of sp³-hybridized carbons (Fsp3) is 1.00. The highest BCUT2D eigenvalue weighted by Crippen LogP contribution is 2.07. The molecule has 96 valence electrons. The molecule has 2 N–H and O–H groups in total. The normalized spacial score (nSPS) is 22.9. The van der Waals surface area contributed by atoms with Crippen molar-refractivity contribution in [2.75, 3.05) is 39.9 Å². The Labute approximate surface area is 99.0 Å². The van der Waals surface area contributed by atoms with Crippen molar-refractivity contribution in [2.24, 2.45) is 0 Å². The topological polar surface area (TPSA) is 44.7 Å². The Morgan fingerprint density at radius 3 is 2.88 bits per heavy atom. The number of rotatable bonds is 8. The van der Waals surface area contributed by atoms with Crippen LogP contribution in [0.1, 0.15) is 26.2 Å². The Balaban J connectivity index is 2.24. The van der Waals surface area contributed by atoms with Crippen molar-refractivity contribution in [1.29, 1.82) is 0 Å². The molecule has 0 amide bonds. The molecule has 2 atom stereocenters. The molecule has 1 heterocycles. The summed E-state index contributed by atoms with van der Waals surface area (Å²) in [7, 11) is 1.74. The van der Waals surface area contributed by atoms with Crippen molar-refractivity contribution >= 4 is 0 Å². The maximum Gasteiger partial charge on any atom is 0.0589 e. The Kier molecular flexibility index (Phi) is 6.96. The number of hydrogen-bond acceptors (Lipinski definition) is 4. The average molecular weight is 230 g/mol. The molecule has 1 saturated heterocycles. The van der Waals surface area contributed by atoms with Crippen LogP contribution in [0, 0.1) is 0 Å². The second-order valence-corrected chi connectivity index (χ2v) is 4.72. The van der Waals surface area contributed by atoms with Crippen molar-refractivity contribution in [3.05, 3.63) is 0 Å². The van der Waals surface area contributed by atoms with Crippen LogP contribution in [-0.2, 0) is 4.74 Å². The zero-order chi connectivity index (χ0) is 11.8. The number of nitrogens with zero attached hydrogens (tertiary/aromatic N) is 1. The number of methoxy groups -OCH3 is 1. The van der Waals surface area contributed by atoms with Crippen LogP contribution < -0.4 is 5.32 Å². The van der Waals surface area contributed by atoms with Crippen LogP contribution in [0.5, 0.6) is 0 Å². The van der Waals surface area contributed by atoms with E-state index in [0.717, 1.165) is 39.2 Å². The molecule has 16 heavy (non-hydrogen) atoms. The molecule has 4 heteroatoms. The number of ether oxygens (including phenoxy) is 1. The minimum absolute atomic E-state index is 0.207. The third-order valence-electron chi connectivity index (χ3n) is 3.12. The van der Waals surface area contributed by atoms with Gasteiger partial charge in [-0.15, -0.1) is 0 Å². The molecule has 0 aromatic heterocycles. The van der Waals surface area contributed by atoms with Crippen molar-refractivity contribution < 1.29 is 9.84 Å². The maximum absolute atomic E-state index is 9.31. The van der Waals surface area contributed by atoms with E-state index in [1.165, 1.54) is 12.8 Å². The summed E-state index contributed by atoms with van der Waals surface area (Å²) < 4.78 is 5.12. The van der Waals surface area contributed by atoms with Crippen LogP contribution in [-0.4, -0.2) is 62.0 Å². The van der Waals surface area contributed by atoms with Gasteiger partial charge >= 0.3 is 0 Å². The number of aliphatic hydroxyl groups excluding tert-OH is 1. The molecule has 1 aliphatic heterocycles. The van der Waals surface area contributed by atoms with Gasteiger partial charge in [0.1, 0.15) is 0 Å². The van der Waals surface area contributed by atoms with Gasteiger partial charge in [0.25, 0.3) is 0 Å². The summed E-state index contributed by atoms with van der Waals surface area (Å²) in [5.41, 5.74) is 0. The molecular weight excluding hydrogens is 204 g/mol. The molecule has 0 aromatic rings. The lowest BCUT2D eigenvalue weighted by Crippen LogP contribution is -2.40. The van der Waals surface area contributed by atoms with Gasteiger partial charge in [-0.05, 0) is 32.7 Å². The SMILES string of the molecule is COCCN(CCC(C)O)CC1CCCN1. The first kappa shape index (κ1) is 13.9. The van der Waals surface area contributed by atoms with E-state index in [4.69, 9.17) is 4.74 Å². The molecule has 0 spiro atoms. The van der Waals surface area contributed by atoms with E-state index in [-0.39, 0.29) is 6.10 Å². The van der Waals surface area contributed by atoms with Gasteiger partial charge in [-0.1, -0.05) is 0 Å². The van der Waals surface area contributed by atoms with Gasteiger partial charge in [-0.2, -0.15) is 0 Å². The molecule has 1 aliphatic rings. The molecule has 0 saturated carbocycles. The largest absolute Gasteiger partial charge is 0.393 e. The highest BCUT2D eigenvalue weighted by molar-refractivity contribution is 4.78. The van der Waals surface area contributed by atoms with Gasteiger partial charge in [0.05, 0.1) is 12.7 Å². The quantitative estimate of drug-likeness (QED) is 0.636. The lowest BCUT2D eigenvalue weighted by atomic mass is 10.2. The van der Waals surface area contributed by atoms with E-state index >= 15 is 0 Å². The highest BCUT2D eigenvalue weighted by atomic mass is 16.5. The summed E-state index contributed by atoms with van der Waals surface area (Å²) in [5, 5.41) is 12.8. The molecule has 0 aromatic carbocycles. The smallest absolute Gasteiger partial charge is 0.0589 e. The maximum atomic E-state index is 9.31. The van der Waals surface area contributed by atoms with E-state index in [1.807, 2.05) is 6.92 Å². The second-order valence-electron chi connectivity index (χ2n) is 4.72. The van der Waals surface area contributed by atoms with Gasteiger partial charge in [-0.3, -0.25) is 4.90 Å². The number of nitrogens with one attached hydrogen (secondary N) is 1. The van der Waals surface area contributed by atoms with Gasteiger partial charge in [0, 0.05) is 32.8 Å². The van der Waals surface area contributed by atoms with E-state index in [0.29, 0.717) is 6.04 Å². The highest BCUT2D eigenvalue weighted by Gasteiger charge is 2.17. The third kappa shape index (κ3) is 5.80. The van der Waals surface area contributed by atoms with Crippen molar-refractivity contribution in [3.63, 3.8) is 0 Å². The van der Waals surface area contributed by atoms with Crippen LogP contribution in [0.15, 0.2) is 0 Å².